The van der Waals surface area contributed by atoms with Gasteiger partial charge < -0.3 is 10.2 Å². The van der Waals surface area contributed by atoms with Crippen LogP contribution in [0.2, 0.25) is 0 Å². The second-order valence-corrected chi connectivity index (χ2v) is 11.2. The molecule has 0 amide bonds. The molecule has 0 bridgehead atoms. The zero-order chi connectivity index (χ0) is 18.4. The van der Waals surface area contributed by atoms with Gasteiger partial charge >= 0.3 is 0 Å². The van der Waals surface area contributed by atoms with Gasteiger partial charge in [0.15, 0.2) is 15.8 Å². The van der Waals surface area contributed by atoms with Gasteiger partial charge in [-0.05, 0) is 34.1 Å². The summed E-state index contributed by atoms with van der Waals surface area (Å²) in [5.41, 5.74) is 0. The molecule has 11 heteroatoms. The Bertz CT molecular complexity index is 648. The van der Waals surface area contributed by atoms with Crippen molar-refractivity contribution in [2.24, 2.45) is 4.99 Å². The Kier molecular flexibility index (Phi) is 10.2. The summed E-state index contributed by atoms with van der Waals surface area (Å²) in [7, 11) is -6.26. The zero-order valence-electron chi connectivity index (χ0n) is 15.4. The van der Waals surface area contributed by atoms with Crippen LogP contribution in [-0.2, 0) is 19.9 Å². The number of halogens is 1. The summed E-state index contributed by atoms with van der Waals surface area (Å²) < 4.78 is 48.6. The van der Waals surface area contributed by atoms with Crippen molar-refractivity contribution < 1.29 is 16.8 Å². The van der Waals surface area contributed by atoms with Crippen LogP contribution in [0.3, 0.4) is 0 Å². The largest absolute Gasteiger partial charge is 0.357 e. The van der Waals surface area contributed by atoms with Crippen LogP contribution in [0.15, 0.2) is 4.99 Å². The minimum Gasteiger partial charge on any atom is -0.357 e. The average molecular weight is 510 g/mol. The first-order valence-corrected chi connectivity index (χ1v) is 11.6. The predicted molar refractivity (Wildman–Crippen MR) is 113 cm³/mol. The summed E-state index contributed by atoms with van der Waals surface area (Å²) in [5.74, 6) is 0.857. The Labute approximate surface area is 169 Å². The topological polar surface area (TPSA) is 108 Å². The molecule has 1 aliphatic rings. The van der Waals surface area contributed by atoms with Gasteiger partial charge in [0, 0.05) is 32.7 Å². The lowest BCUT2D eigenvalue weighted by Crippen LogP contribution is -2.57. The maximum absolute atomic E-state index is 12.1. The zero-order valence-corrected chi connectivity index (χ0v) is 19.4. The lowest BCUT2D eigenvalue weighted by molar-refractivity contribution is 0.353. The maximum Gasteiger partial charge on any atom is 0.211 e. The number of guanidine groups is 1. The van der Waals surface area contributed by atoms with Gasteiger partial charge in [-0.2, -0.15) is 0 Å². The Morgan fingerprint density at radius 3 is 2.44 bits per heavy atom. The van der Waals surface area contributed by atoms with Crippen molar-refractivity contribution >= 4 is 49.8 Å². The summed E-state index contributed by atoms with van der Waals surface area (Å²) in [4.78, 5) is 6.46. The summed E-state index contributed by atoms with van der Waals surface area (Å²) in [5, 5.41) is 3.18. The van der Waals surface area contributed by atoms with Crippen LogP contribution in [0, 0.1) is 0 Å². The van der Waals surface area contributed by atoms with Crippen LogP contribution in [-0.4, -0.2) is 76.7 Å². The first-order valence-electron chi connectivity index (χ1n) is 8.27. The Morgan fingerprint density at radius 2 is 1.92 bits per heavy atom. The van der Waals surface area contributed by atoms with Crippen molar-refractivity contribution in [3.8, 4) is 0 Å². The van der Waals surface area contributed by atoms with Gasteiger partial charge in [0.05, 0.1) is 16.3 Å². The number of aliphatic imine (C=N–C) groups is 1. The monoisotopic (exact) mass is 510 g/mol. The number of rotatable bonds is 7. The second kappa shape index (κ2) is 10.3. The molecule has 1 heterocycles. The lowest BCUT2D eigenvalue weighted by atomic mass is 10.2. The summed E-state index contributed by atoms with van der Waals surface area (Å²) in [6.45, 7) is 9.33. The molecule has 0 aromatic heterocycles. The van der Waals surface area contributed by atoms with Crippen LogP contribution in [0.5, 0.6) is 0 Å². The summed E-state index contributed by atoms with van der Waals surface area (Å²) >= 11 is 0. The Hall–Kier alpha value is -0.140. The first kappa shape index (κ1) is 24.9. The highest BCUT2D eigenvalue weighted by Crippen LogP contribution is 2.23. The van der Waals surface area contributed by atoms with Gasteiger partial charge in [0.1, 0.15) is 0 Å². The fraction of sp³-hybridized carbons (Fsp3) is 0.929. The number of nitrogens with one attached hydrogen (secondary N) is 2. The van der Waals surface area contributed by atoms with E-state index in [9.17, 15) is 16.8 Å². The minimum atomic E-state index is -3.17. The lowest BCUT2D eigenvalue weighted by Gasteiger charge is -2.39. The molecule has 1 fully saturated rings. The molecule has 0 unspecified atom stereocenters. The smallest absolute Gasteiger partial charge is 0.211 e. The molecule has 8 nitrogen and oxygen atoms in total. The Morgan fingerprint density at radius 1 is 1.28 bits per heavy atom. The van der Waals surface area contributed by atoms with Crippen LogP contribution < -0.4 is 10.0 Å². The van der Waals surface area contributed by atoms with Crippen molar-refractivity contribution in [2.75, 3.05) is 44.2 Å². The maximum atomic E-state index is 12.1. The molecule has 150 valence electrons. The Balaban J connectivity index is 0.00000576. The van der Waals surface area contributed by atoms with E-state index in [-0.39, 0.29) is 35.5 Å². The standard InChI is InChI=1S/C14H30N4O4S2.HI/c1-5-15-13(16-8-7-9-17-24(21,22)6-2)18-10-11-23(19,20)14(3,4)12-18;/h17H,5-12H2,1-4H3,(H,15,16);1H. The van der Waals surface area contributed by atoms with E-state index in [4.69, 9.17) is 0 Å². The van der Waals surface area contributed by atoms with Crippen LogP contribution >= 0.6 is 24.0 Å². The van der Waals surface area contributed by atoms with Crippen molar-refractivity contribution in [1.82, 2.24) is 14.9 Å². The minimum absolute atomic E-state index is 0. The van der Waals surface area contributed by atoms with E-state index >= 15 is 0 Å². The third-order valence-electron chi connectivity index (χ3n) is 3.98. The second-order valence-electron chi connectivity index (χ2n) is 6.39. The molecule has 1 saturated heterocycles. The van der Waals surface area contributed by atoms with E-state index in [0.29, 0.717) is 45.1 Å². The van der Waals surface area contributed by atoms with Crippen LogP contribution in [0.1, 0.15) is 34.1 Å². The highest BCUT2D eigenvalue weighted by Gasteiger charge is 2.40. The molecule has 0 aliphatic carbocycles. The van der Waals surface area contributed by atoms with Crippen LogP contribution in [0.4, 0.5) is 0 Å². The molecule has 2 N–H and O–H groups in total. The van der Waals surface area contributed by atoms with Gasteiger partial charge in [0.25, 0.3) is 0 Å². The van der Waals surface area contributed by atoms with Gasteiger partial charge in [-0.15, -0.1) is 24.0 Å². The number of hydrogen-bond acceptors (Lipinski definition) is 5. The molecular formula is C14H31IN4O4S2. The molecule has 0 saturated carbocycles. The first-order chi connectivity index (χ1) is 11.0. The van der Waals surface area contributed by atoms with Gasteiger partial charge in [-0.25, -0.2) is 21.6 Å². The number of hydrogen-bond donors (Lipinski definition) is 2. The van der Waals surface area contributed by atoms with E-state index in [1.54, 1.807) is 20.8 Å². The van der Waals surface area contributed by atoms with E-state index in [0.717, 1.165) is 0 Å². The number of nitrogens with zero attached hydrogens (tertiary/aromatic N) is 2. The molecule has 0 aromatic rings. The van der Waals surface area contributed by atoms with Crippen molar-refractivity contribution in [3.63, 3.8) is 0 Å². The summed E-state index contributed by atoms with van der Waals surface area (Å²) in [6, 6.07) is 0. The van der Waals surface area contributed by atoms with Crippen molar-refractivity contribution in [2.45, 2.75) is 38.9 Å². The van der Waals surface area contributed by atoms with Gasteiger partial charge in [0.2, 0.25) is 10.0 Å². The van der Waals surface area contributed by atoms with E-state index in [1.165, 1.54) is 0 Å². The van der Waals surface area contributed by atoms with Gasteiger partial charge in [-0.3, -0.25) is 4.99 Å². The van der Waals surface area contributed by atoms with E-state index < -0.39 is 24.6 Å². The highest BCUT2D eigenvalue weighted by atomic mass is 127. The van der Waals surface area contributed by atoms with Gasteiger partial charge in [-0.1, -0.05) is 0 Å². The predicted octanol–water partition coefficient (Wildman–Crippen LogP) is 0.408. The number of sulfone groups is 1. The fourth-order valence-corrected chi connectivity index (χ4v) is 4.37. The molecule has 0 spiro atoms. The SMILES string of the molecule is CCNC(=NCCCNS(=O)(=O)CC)N1CCS(=O)(=O)C(C)(C)C1.I. The molecule has 1 aliphatic heterocycles. The normalized spacial score (nSPS) is 20.0. The third kappa shape index (κ3) is 7.55. The molecule has 1 rings (SSSR count). The van der Waals surface area contributed by atoms with Crippen LogP contribution in [0.25, 0.3) is 0 Å². The average Bonchev–Trinajstić information content (AvgIpc) is 2.48. The van der Waals surface area contributed by atoms with E-state index in [2.05, 4.69) is 15.0 Å². The van der Waals surface area contributed by atoms with Crippen molar-refractivity contribution in [3.05, 3.63) is 0 Å². The van der Waals surface area contributed by atoms with E-state index in [1.807, 2.05) is 11.8 Å². The molecule has 25 heavy (non-hydrogen) atoms. The highest BCUT2D eigenvalue weighted by molar-refractivity contribution is 14.0. The molecule has 0 aromatic carbocycles. The third-order valence-corrected chi connectivity index (χ3v) is 7.91. The molecule has 0 atom stereocenters. The quantitative estimate of drug-likeness (QED) is 0.222. The van der Waals surface area contributed by atoms with Crippen molar-refractivity contribution in [1.29, 1.82) is 0 Å². The fourth-order valence-electron chi connectivity index (χ4n) is 2.34. The molecular weight excluding hydrogens is 479 g/mol. The summed E-state index contributed by atoms with van der Waals surface area (Å²) in [6.07, 6.45) is 0.587. The molecule has 0 radical (unpaired) electrons. The number of sulfonamides is 1.